The molecule has 0 fully saturated rings. The van der Waals surface area contributed by atoms with E-state index in [4.69, 9.17) is 0 Å². The van der Waals surface area contributed by atoms with Gasteiger partial charge in [-0.15, -0.1) is 11.3 Å². The van der Waals surface area contributed by atoms with Crippen molar-refractivity contribution in [3.05, 3.63) is 51.4 Å². The van der Waals surface area contributed by atoms with Gasteiger partial charge in [-0.2, -0.15) is 5.10 Å². The third-order valence-corrected chi connectivity index (χ3v) is 3.58. The number of aromatic nitrogens is 3. The molecule has 0 aliphatic rings. The zero-order valence-electron chi connectivity index (χ0n) is 10.5. The summed E-state index contributed by atoms with van der Waals surface area (Å²) < 4.78 is 0. The van der Waals surface area contributed by atoms with Gasteiger partial charge in [0.15, 0.2) is 10.8 Å². The SMILES string of the molecule is Cc1cnc(NC(=O)c2n[nH]c(=O)c3ccccc23)s1. The van der Waals surface area contributed by atoms with Gasteiger partial charge in [0.1, 0.15) is 0 Å². The number of carbonyl (C=O) groups excluding carboxylic acids is 1. The van der Waals surface area contributed by atoms with E-state index in [9.17, 15) is 9.59 Å². The Kier molecular flexibility index (Phi) is 3.03. The number of fused-ring (bicyclic) bond motifs is 1. The first kappa shape index (κ1) is 12.5. The Bertz CT molecular complexity index is 853. The van der Waals surface area contributed by atoms with E-state index in [-0.39, 0.29) is 11.3 Å². The van der Waals surface area contributed by atoms with Crippen LogP contribution in [0.1, 0.15) is 15.4 Å². The first-order valence-electron chi connectivity index (χ1n) is 5.86. The minimum absolute atomic E-state index is 0.174. The first-order chi connectivity index (χ1) is 9.65. The maximum atomic E-state index is 12.2. The second-order valence-corrected chi connectivity index (χ2v) is 5.41. The van der Waals surface area contributed by atoms with Gasteiger partial charge in [0.2, 0.25) is 0 Å². The van der Waals surface area contributed by atoms with Crippen molar-refractivity contribution in [2.75, 3.05) is 5.32 Å². The first-order valence-corrected chi connectivity index (χ1v) is 6.68. The molecule has 0 saturated heterocycles. The number of anilines is 1. The van der Waals surface area contributed by atoms with Gasteiger partial charge in [-0.25, -0.2) is 10.1 Å². The Morgan fingerprint density at radius 1 is 1.30 bits per heavy atom. The van der Waals surface area contributed by atoms with Crippen molar-refractivity contribution < 1.29 is 4.79 Å². The molecular weight excluding hydrogens is 276 g/mol. The molecule has 1 aromatic carbocycles. The number of amides is 1. The van der Waals surface area contributed by atoms with E-state index in [1.807, 2.05) is 6.92 Å². The van der Waals surface area contributed by atoms with Crippen LogP contribution in [0.5, 0.6) is 0 Å². The summed E-state index contributed by atoms with van der Waals surface area (Å²) >= 11 is 1.38. The van der Waals surface area contributed by atoms with E-state index in [0.717, 1.165) is 4.88 Å². The molecule has 7 heteroatoms. The van der Waals surface area contributed by atoms with Crippen molar-refractivity contribution in [3.63, 3.8) is 0 Å². The van der Waals surface area contributed by atoms with E-state index in [1.165, 1.54) is 11.3 Å². The van der Waals surface area contributed by atoms with Crippen LogP contribution in [0.2, 0.25) is 0 Å². The van der Waals surface area contributed by atoms with E-state index in [1.54, 1.807) is 30.5 Å². The molecule has 0 unspecified atom stereocenters. The highest BCUT2D eigenvalue weighted by Crippen LogP contribution is 2.19. The lowest BCUT2D eigenvalue weighted by Crippen LogP contribution is -2.19. The van der Waals surface area contributed by atoms with Gasteiger partial charge in [-0.3, -0.25) is 14.9 Å². The average molecular weight is 286 g/mol. The van der Waals surface area contributed by atoms with Crippen LogP contribution in [0.4, 0.5) is 5.13 Å². The molecule has 1 amide bonds. The van der Waals surface area contributed by atoms with E-state index >= 15 is 0 Å². The van der Waals surface area contributed by atoms with Gasteiger partial charge in [-0.05, 0) is 13.0 Å². The van der Waals surface area contributed by atoms with Crippen molar-refractivity contribution in [2.45, 2.75) is 6.92 Å². The van der Waals surface area contributed by atoms with Crippen molar-refractivity contribution >= 4 is 33.1 Å². The van der Waals surface area contributed by atoms with Gasteiger partial charge in [0.05, 0.1) is 5.39 Å². The normalized spacial score (nSPS) is 10.7. The lowest BCUT2D eigenvalue weighted by molar-refractivity contribution is 0.102. The van der Waals surface area contributed by atoms with E-state index in [2.05, 4.69) is 20.5 Å². The van der Waals surface area contributed by atoms with Crippen molar-refractivity contribution in [2.24, 2.45) is 0 Å². The summed E-state index contributed by atoms with van der Waals surface area (Å²) in [5.74, 6) is -0.396. The van der Waals surface area contributed by atoms with Gasteiger partial charge >= 0.3 is 0 Å². The summed E-state index contributed by atoms with van der Waals surface area (Å²) in [5.41, 5.74) is -0.143. The van der Waals surface area contributed by atoms with Crippen LogP contribution in [0.15, 0.2) is 35.3 Å². The van der Waals surface area contributed by atoms with Crippen LogP contribution in [0.25, 0.3) is 10.8 Å². The van der Waals surface area contributed by atoms with Crippen LogP contribution >= 0.6 is 11.3 Å². The smallest absolute Gasteiger partial charge is 0.278 e. The van der Waals surface area contributed by atoms with E-state index < -0.39 is 5.91 Å². The van der Waals surface area contributed by atoms with Crippen LogP contribution in [0, 0.1) is 6.92 Å². The zero-order valence-corrected chi connectivity index (χ0v) is 11.3. The molecule has 6 nitrogen and oxygen atoms in total. The molecule has 20 heavy (non-hydrogen) atoms. The lowest BCUT2D eigenvalue weighted by Gasteiger charge is -2.04. The Morgan fingerprint density at radius 3 is 2.75 bits per heavy atom. The molecule has 0 saturated carbocycles. The number of nitrogens with zero attached hydrogens (tertiary/aromatic N) is 2. The van der Waals surface area contributed by atoms with Crippen LogP contribution in [-0.4, -0.2) is 21.1 Å². The number of rotatable bonds is 2. The third-order valence-electron chi connectivity index (χ3n) is 2.75. The molecule has 0 radical (unpaired) electrons. The fourth-order valence-corrected chi connectivity index (χ4v) is 2.52. The van der Waals surface area contributed by atoms with Crippen molar-refractivity contribution in [1.29, 1.82) is 0 Å². The zero-order chi connectivity index (χ0) is 14.1. The minimum Gasteiger partial charge on any atom is -0.296 e. The number of aryl methyl sites for hydroxylation is 1. The Hall–Kier alpha value is -2.54. The summed E-state index contributed by atoms with van der Waals surface area (Å²) in [6.07, 6.45) is 1.68. The molecule has 3 rings (SSSR count). The lowest BCUT2D eigenvalue weighted by atomic mass is 10.1. The highest BCUT2D eigenvalue weighted by atomic mass is 32.1. The number of nitrogens with one attached hydrogen (secondary N) is 2. The molecule has 0 aliphatic carbocycles. The van der Waals surface area contributed by atoms with Crippen LogP contribution in [-0.2, 0) is 0 Å². The van der Waals surface area contributed by atoms with Crippen LogP contribution < -0.4 is 10.9 Å². The number of aromatic amines is 1. The molecule has 2 N–H and O–H groups in total. The van der Waals surface area contributed by atoms with Crippen molar-refractivity contribution in [1.82, 2.24) is 15.2 Å². The maximum Gasteiger partial charge on any atom is 0.278 e. The maximum absolute atomic E-state index is 12.2. The molecule has 100 valence electrons. The topological polar surface area (TPSA) is 87.7 Å². The summed E-state index contributed by atoms with van der Waals surface area (Å²) in [6.45, 7) is 1.90. The molecule has 0 aliphatic heterocycles. The largest absolute Gasteiger partial charge is 0.296 e. The summed E-state index contributed by atoms with van der Waals surface area (Å²) in [6, 6.07) is 6.84. The summed E-state index contributed by atoms with van der Waals surface area (Å²) in [7, 11) is 0. The molecular formula is C13H10N4O2S. The minimum atomic E-state index is -0.396. The van der Waals surface area contributed by atoms with Gasteiger partial charge < -0.3 is 0 Å². The number of H-pyrrole nitrogens is 1. The molecule has 2 heterocycles. The summed E-state index contributed by atoms with van der Waals surface area (Å²) in [4.78, 5) is 28.9. The predicted octanol–water partition coefficient (Wildman–Crippen LogP) is 1.94. The highest BCUT2D eigenvalue weighted by molar-refractivity contribution is 7.15. The number of carbonyl (C=O) groups is 1. The third kappa shape index (κ3) is 2.19. The average Bonchev–Trinajstić information content (AvgIpc) is 2.84. The molecule has 0 atom stereocenters. The predicted molar refractivity (Wildman–Crippen MR) is 77.2 cm³/mol. The molecule has 0 spiro atoms. The number of hydrogen-bond donors (Lipinski definition) is 2. The van der Waals surface area contributed by atoms with Crippen molar-refractivity contribution in [3.8, 4) is 0 Å². The Morgan fingerprint density at radius 2 is 2.05 bits per heavy atom. The second kappa shape index (κ2) is 4.86. The Labute approximate surface area is 117 Å². The standard InChI is InChI=1S/C13H10N4O2S/c1-7-6-14-13(20-7)15-12(19)10-8-4-2-3-5-9(8)11(18)17-16-10/h2-6H,1H3,(H,17,18)(H,14,15,19). The highest BCUT2D eigenvalue weighted by Gasteiger charge is 2.15. The fourth-order valence-electron chi connectivity index (χ4n) is 1.86. The van der Waals surface area contributed by atoms with Gasteiger partial charge in [0, 0.05) is 16.5 Å². The molecule has 3 aromatic rings. The number of hydrogen-bond acceptors (Lipinski definition) is 5. The summed E-state index contributed by atoms with van der Waals surface area (Å²) in [5, 5.41) is 10.3. The Balaban J connectivity index is 2.04. The number of thiazole rings is 1. The number of benzene rings is 1. The van der Waals surface area contributed by atoms with Gasteiger partial charge in [0.25, 0.3) is 11.5 Å². The monoisotopic (exact) mass is 286 g/mol. The molecule has 0 bridgehead atoms. The van der Waals surface area contributed by atoms with Gasteiger partial charge in [-0.1, -0.05) is 18.2 Å². The fraction of sp³-hybridized carbons (Fsp3) is 0.0769. The molecule has 2 aromatic heterocycles. The van der Waals surface area contributed by atoms with Crippen LogP contribution in [0.3, 0.4) is 0 Å². The quantitative estimate of drug-likeness (QED) is 0.753. The van der Waals surface area contributed by atoms with E-state index in [0.29, 0.717) is 15.9 Å². The second-order valence-electron chi connectivity index (χ2n) is 4.18.